The Bertz CT molecular complexity index is 872. The Hall–Kier alpha value is -1.45. The standard InChI is InChI=1S/C17H24N2O5S2/c20-17(14-8-11-25(21,22)13-14)18-15-6-5-7-16(12-15)26(23,24)19-9-3-1-2-4-10-19/h5-7,12,14H,1-4,8-11,13H2,(H,18,20). The first-order valence-electron chi connectivity index (χ1n) is 8.89. The first-order chi connectivity index (χ1) is 12.3. The number of carbonyl (C=O) groups excluding carboxylic acids is 1. The normalized spacial score (nSPS) is 24.1. The lowest BCUT2D eigenvalue weighted by molar-refractivity contribution is -0.119. The van der Waals surface area contributed by atoms with Crippen molar-refractivity contribution in [2.24, 2.45) is 5.92 Å². The molecule has 0 spiro atoms. The number of nitrogens with one attached hydrogen (secondary N) is 1. The second kappa shape index (κ2) is 7.66. The van der Waals surface area contributed by atoms with E-state index < -0.39 is 25.8 Å². The zero-order valence-electron chi connectivity index (χ0n) is 14.6. The van der Waals surface area contributed by atoms with Gasteiger partial charge in [0.2, 0.25) is 15.9 Å². The van der Waals surface area contributed by atoms with Crippen LogP contribution in [0, 0.1) is 5.92 Å². The molecule has 2 fully saturated rings. The van der Waals surface area contributed by atoms with E-state index in [0.29, 0.717) is 25.2 Å². The van der Waals surface area contributed by atoms with Gasteiger partial charge in [0.25, 0.3) is 0 Å². The van der Waals surface area contributed by atoms with Crippen molar-refractivity contribution in [1.29, 1.82) is 0 Å². The lowest BCUT2D eigenvalue weighted by Gasteiger charge is -2.20. The highest BCUT2D eigenvalue weighted by molar-refractivity contribution is 7.91. The lowest BCUT2D eigenvalue weighted by Crippen LogP contribution is -2.32. The molecule has 0 saturated carbocycles. The summed E-state index contributed by atoms with van der Waals surface area (Å²) in [6.07, 6.45) is 4.08. The van der Waals surface area contributed by atoms with E-state index in [-0.39, 0.29) is 22.3 Å². The zero-order valence-corrected chi connectivity index (χ0v) is 16.2. The van der Waals surface area contributed by atoms with Crippen LogP contribution in [-0.4, -0.2) is 51.6 Å². The first kappa shape index (κ1) is 19.3. The number of carbonyl (C=O) groups is 1. The average molecular weight is 401 g/mol. The molecule has 2 aliphatic heterocycles. The third-order valence-corrected chi connectivity index (χ3v) is 8.57. The predicted molar refractivity (Wildman–Crippen MR) is 99.1 cm³/mol. The Balaban J connectivity index is 1.74. The molecule has 1 atom stereocenters. The van der Waals surface area contributed by atoms with Gasteiger partial charge >= 0.3 is 0 Å². The number of sulfonamides is 1. The fourth-order valence-corrected chi connectivity index (χ4v) is 6.72. The summed E-state index contributed by atoms with van der Waals surface area (Å²) in [5.41, 5.74) is 0.371. The van der Waals surface area contributed by atoms with E-state index in [1.165, 1.54) is 16.4 Å². The molecule has 144 valence electrons. The van der Waals surface area contributed by atoms with Crippen LogP contribution in [0.1, 0.15) is 32.1 Å². The van der Waals surface area contributed by atoms with Crippen molar-refractivity contribution in [3.8, 4) is 0 Å². The van der Waals surface area contributed by atoms with Gasteiger partial charge in [-0.25, -0.2) is 16.8 Å². The molecule has 1 unspecified atom stereocenters. The molecule has 9 heteroatoms. The predicted octanol–water partition coefficient (Wildman–Crippen LogP) is 1.62. The van der Waals surface area contributed by atoms with Gasteiger partial charge in [0.05, 0.1) is 22.3 Å². The molecule has 2 heterocycles. The number of amides is 1. The van der Waals surface area contributed by atoms with Crippen LogP contribution >= 0.6 is 0 Å². The fraction of sp³-hybridized carbons (Fsp3) is 0.588. The SMILES string of the molecule is O=C(Nc1cccc(S(=O)(=O)N2CCCCCC2)c1)C1CCS(=O)(=O)C1. The largest absolute Gasteiger partial charge is 0.326 e. The maximum Gasteiger partial charge on any atom is 0.243 e. The molecule has 0 aliphatic carbocycles. The van der Waals surface area contributed by atoms with Gasteiger partial charge in [-0.3, -0.25) is 4.79 Å². The minimum atomic E-state index is -3.60. The van der Waals surface area contributed by atoms with E-state index in [1.54, 1.807) is 12.1 Å². The molecule has 0 radical (unpaired) electrons. The van der Waals surface area contributed by atoms with Gasteiger partial charge in [0, 0.05) is 18.8 Å². The minimum Gasteiger partial charge on any atom is -0.326 e. The molecular formula is C17H24N2O5S2. The van der Waals surface area contributed by atoms with Gasteiger partial charge in [-0.2, -0.15) is 4.31 Å². The highest BCUT2D eigenvalue weighted by atomic mass is 32.2. The van der Waals surface area contributed by atoms with Crippen LogP contribution in [0.3, 0.4) is 0 Å². The van der Waals surface area contributed by atoms with E-state index in [2.05, 4.69) is 5.32 Å². The molecular weight excluding hydrogens is 376 g/mol. The Kier molecular flexibility index (Phi) is 5.69. The molecule has 0 aromatic heterocycles. The summed E-state index contributed by atoms with van der Waals surface area (Å²) >= 11 is 0. The number of benzene rings is 1. The highest BCUT2D eigenvalue weighted by Crippen LogP contribution is 2.24. The van der Waals surface area contributed by atoms with Crippen LogP contribution in [0.15, 0.2) is 29.2 Å². The summed E-state index contributed by atoms with van der Waals surface area (Å²) in [7, 11) is -6.74. The molecule has 2 saturated heterocycles. The Labute approximate surface area is 154 Å². The van der Waals surface area contributed by atoms with Gasteiger partial charge in [-0.05, 0) is 37.5 Å². The maximum atomic E-state index is 12.9. The second-order valence-corrected chi connectivity index (χ2v) is 11.1. The number of hydrogen-bond acceptors (Lipinski definition) is 5. The van der Waals surface area contributed by atoms with Crippen molar-refractivity contribution < 1.29 is 21.6 Å². The topological polar surface area (TPSA) is 101 Å². The molecule has 2 aliphatic rings. The Morgan fingerprint density at radius 1 is 1.12 bits per heavy atom. The zero-order chi connectivity index (χ0) is 18.8. The van der Waals surface area contributed by atoms with E-state index in [1.807, 2.05) is 0 Å². The van der Waals surface area contributed by atoms with Crippen LogP contribution in [-0.2, 0) is 24.7 Å². The van der Waals surface area contributed by atoms with Crippen LogP contribution in [0.4, 0.5) is 5.69 Å². The Morgan fingerprint density at radius 2 is 1.81 bits per heavy atom. The van der Waals surface area contributed by atoms with Gasteiger partial charge in [-0.1, -0.05) is 18.9 Å². The van der Waals surface area contributed by atoms with Gasteiger partial charge < -0.3 is 5.32 Å². The third-order valence-electron chi connectivity index (χ3n) is 4.91. The van der Waals surface area contributed by atoms with Gasteiger partial charge in [-0.15, -0.1) is 0 Å². The maximum absolute atomic E-state index is 12.9. The van der Waals surface area contributed by atoms with E-state index in [9.17, 15) is 21.6 Å². The van der Waals surface area contributed by atoms with Crippen LogP contribution in [0.25, 0.3) is 0 Å². The molecule has 3 rings (SSSR count). The van der Waals surface area contributed by atoms with Crippen molar-refractivity contribution in [2.45, 2.75) is 37.0 Å². The molecule has 1 aromatic carbocycles. The molecule has 26 heavy (non-hydrogen) atoms. The molecule has 7 nitrogen and oxygen atoms in total. The van der Waals surface area contributed by atoms with Gasteiger partial charge in [0.1, 0.15) is 0 Å². The second-order valence-electron chi connectivity index (χ2n) is 6.94. The number of sulfone groups is 1. The van der Waals surface area contributed by atoms with E-state index in [0.717, 1.165) is 25.7 Å². The first-order valence-corrected chi connectivity index (χ1v) is 12.2. The summed E-state index contributed by atoms with van der Waals surface area (Å²) in [6.45, 7) is 1.03. The fourth-order valence-electron chi connectivity index (χ4n) is 3.41. The van der Waals surface area contributed by atoms with Crippen LogP contribution in [0.2, 0.25) is 0 Å². The summed E-state index contributed by atoms with van der Waals surface area (Å²) in [5, 5.41) is 2.66. The number of rotatable bonds is 4. The molecule has 1 aromatic rings. The van der Waals surface area contributed by atoms with E-state index in [4.69, 9.17) is 0 Å². The minimum absolute atomic E-state index is 0.0223. The summed E-state index contributed by atoms with van der Waals surface area (Å²) in [5.74, 6) is -1.08. The average Bonchev–Trinajstić information content (AvgIpc) is 2.80. The summed E-state index contributed by atoms with van der Waals surface area (Å²) in [6, 6.07) is 6.17. The van der Waals surface area contributed by atoms with Crippen molar-refractivity contribution in [1.82, 2.24) is 4.31 Å². The van der Waals surface area contributed by atoms with E-state index >= 15 is 0 Å². The molecule has 0 bridgehead atoms. The third kappa shape index (κ3) is 4.44. The highest BCUT2D eigenvalue weighted by Gasteiger charge is 2.33. The van der Waals surface area contributed by atoms with Crippen molar-refractivity contribution in [3.05, 3.63) is 24.3 Å². The smallest absolute Gasteiger partial charge is 0.243 e. The lowest BCUT2D eigenvalue weighted by atomic mass is 10.1. The van der Waals surface area contributed by atoms with Crippen molar-refractivity contribution in [2.75, 3.05) is 29.9 Å². The molecule has 1 N–H and O–H groups in total. The number of nitrogens with zero attached hydrogens (tertiary/aromatic N) is 1. The Morgan fingerprint density at radius 3 is 2.42 bits per heavy atom. The monoisotopic (exact) mass is 400 g/mol. The van der Waals surface area contributed by atoms with Crippen molar-refractivity contribution >= 4 is 31.5 Å². The quantitative estimate of drug-likeness (QED) is 0.828. The number of anilines is 1. The van der Waals surface area contributed by atoms with Crippen LogP contribution in [0.5, 0.6) is 0 Å². The van der Waals surface area contributed by atoms with Crippen LogP contribution < -0.4 is 5.32 Å². The van der Waals surface area contributed by atoms with Gasteiger partial charge in [0.15, 0.2) is 9.84 Å². The molecule has 1 amide bonds. The summed E-state index contributed by atoms with van der Waals surface area (Å²) in [4.78, 5) is 12.4. The van der Waals surface area contributed by atoms with Crippen molar-refractivity contribution in [3.63, 3.8) is 0 Å². The number of hydrogen-bond donors (Lipinski definition) is 1. The summed E-state index contributed by atoms with van der Waals surface area (Å²) < 4.78 is 50.3.